The zero-order valence-corrected chi connectivity index (χ0v) is 15.0. The van der Waals surface area contributed by atoms with Crippen LogP contribution in [0.1, 0.15) is 17.0 Å². The fourth-order valence-electron chi connectivity index (χ4n) is 2.93. The number of ether oxygens (including phenoxy) is 1. The van der Waals surface area contributed by atoms with Gasteiger partial charge in [-0.05, 0) is 24.3 Å². The summed E-state index contributed by atoms with van der Waals surface area (Å²) >= 11 is 0. The van der Waals surface area contributed by atoms with E-state index in [1.165, 1.54) is 22.5 Å². The first-order valence-corrected chi connectivity index (χ1v) is 9.73. The minimum Gasteiger partial charge on any atom is -0.486 e. The Labute approximate surface area is 155 Å². The molecule has 27 heavy (non-hydrogen) atoms. The van der Waals surface area contributed by atoms with Crippen LogP contribution >= 0.6 is 0 Å². The van der Waals surface area contributed by atoms with Crippen molar-refractivity contribution >= 4 is 10.0 Å². The highest BCUT2D eigenvalue weighted by atomic mass is 32.2. The van der Waals surface area contributed by atoms with Gasteiger partial charge in [0.1, 0.15) is 34.5 Å². The summed E-state index contributed by atoms with van der Waals surface area (Å²) in [7, 11) is -3.96. The lowest BCUT2D eigenvalue weighted by Crippen LogP contribution is -2.36. The average molecular weight is 389 g/mol. The van der Waals surface area contributed by atoms with Gasteiger partial charge in [0.2, 0.25) is 10.0 Å². The maximum Gasteiger partial charge on any atom is 0.246 e. The van der Waals surface area contributed by atoms with Crippen molar-refractivity contribution in [3.63, 3.8) is 0 Å². The van der Waals surface area contributed by atoms with E-state index in [1.54, 1.807) is 24.5 Å². The van der Waals surface area contributed by atoms with Crippen LogP contribution < -0.4 is 4.74 Å². The topological polar surface area (TPSA) is 85.5 Å². The van der Waals surface area contributed by atoms with Crippen molar-refractivity contribution in [2.75, 3.05) is 6.54 Å². The molecule has 0 bridgehead atoms. The smallest absolute Gasteiger partial charge is 0.246 e. The minimum atomic E-state index is -3.96. The second-order valence-electron chi connectivity index (χ2n) is 6.03. The van der Waals surface area contributed by atoms with Gasteiger partial charge in [0, 0.05) is 31.3 Å². The number of halogens is 1. The number of rotatable bonds is 5. The number of pyridine rings is 1. The number of benzene rings is 1. The quantitative estimate of drug-likeness (QED) is 0.667. The Balaban J connectivity index is 1.56. The van der Waals surface area contributed by atoms with E-state index < -0.39 is 15.8 Å². The number of hydrogen-bond acceptors (Lipinski definition) is 6. The van der Waals surface area contributed by atoms with Crippen LogP contribution in [-0.2, 0) is 29.6 Å². The van der Waals surface area contributed by atoms with Crippen molar-refractivity contribution in [1.29, 1.82) is 0 Å². The molecule has 0 fully saturated rings. The van der Waals surface area contributed by atoms with Gasteiger partial charge in [0.05, 0.1) is 6.20 Å². The zero-order chi connectivity index (χ0) is 18.9. The van der Waals surface area contributed by atoms with Gasteiger partial charge in [0.15, 0.2) is 0 Å². The summed E-state index contributed by atoms with van der Waals surface area (Å²) in [6.07, 6.45) is 3.57. The largest absolute Gasteiger partial charge is 0.486 e. The molecule has 0 saturated carbocycles. The Morgan fingerprint density at radius 2 is 2.07 bits per heavy atom. The average Bonchev–Trinajstić information content (AvgIpc) is 3.10. The second-order valence-corrected chi connectivity index (χ2v) is 7.93. The lowest BCUT2D eigenvalue weighted by Gasteiger charge is -2.25. The van der Waals surface area contributed by atoms with Crippen LogP contribution in [0.4, 0.5) is 4.39 Å². The first-order chi connectivity index (χ1) is 13.1. The Kier molecular flexibility index (Phi) is 4.63. The van der Waals surface area contributed by atoms with Gasteiger partial charge in [-0.25, -0.2) is 12.8 Å². The van der Waals surface area contributed by atoms with Crippen molar-refractivity contribution in [3.8, 4) is 5.75 Å². The lowest BCUT2D eigenvalue weighted by atomic mass is 10.1. The van der Waals surface area contributed by atoms with Crippen molar-refractivity contribution in [1.82, 2.24) is 14.4 Å². The van der Waals surface area contributed by atoms with Crippen LogP contribution in [-0.4, -0.2) is 29.4 Å². The molecule has 1 aliphatic rings. The molecular weight excluding hydrogens is 373 g/mol. The van der Waals surface area contributed by atoms with Crippen molar-refractivity contribution in [3.05, 3.63) is 71.6 Å². The molecule has 0 amide bonds. The molecule has 9 heteroatoms. The Bertz CT molecular complexity index is 1050. The summed E-state index contributed by atoms with van der Waals surface area (Å²) in [6, 6.07) is 8.86. The molecule has 1 aromatic carbocycles. The molecule has 0 atom stereocenters. The minimum absolute atomic E-state index is 0.0568. The monoisotopic (exact) mass is 389 g/mol. The highest BCUT2D eigenvalue weighted by Gasteiger charge is 2.33. The summed E-state index contributed by atoms with van der Waals surface area (Å²) < 4.78 is 51.8. The van der Waals surface area contributed by atoms with E-state index in [0.717, 1.165) is 6.07 Å². The van der Waals surface area contributed by atoms with Gasteiger partial charge in [-0.3, -0.25) is 4.98 Å². The third kappa shape index (κ3) is 3.43. The van der Waals surface area contributed by atoms with Crippen LogP contribution in [0.2, 0.25) is 0 Å². The van der Waals surface area contributed by atoms with Crippen LogP contribution in [0.3, 0.4) is 0 Å². The Hall–Kier alpha value is -2.78. The molecule has 0 spiro atoms. The predicted molar refractivity (Wildman–Crippen MR) is 92.8 cm³/mol. The van der Waals surface area contributed by atoms with Gasteiger partial charge >= 0.3 is 0 Å². The number of hydrogen-bond donors (Lipinski definition) is 0. The SMILES string of the molecule is O=S(=O)(c1ccccc1F)N1CCc2onc(COc3cccnc3)c2C1. The molecule has 1 aliphatic heterocycles. The highest BCUT2D eigenvalue weighted by Crippen LogP contribution is 2.28. The first kappa shape index (κ1) is 17.6. The maximum absolute atomic E-state index is 14.0. The number of nitrogens with zero attached hydrogens (tertiary/aromatic N) is 3. The van der Waals surface area contributed by atoms with Crippen LogP contribution in [0.25, 0.3) is 0 Å². The van der Waals surface area contributed by atoms with E-state index >= 15 is 0 Å². The Morgan fingerprint density at radius 3 is 2.85 bits per heavy atom. The van der Waals surface area contributed by atoms with Gasteiger partial charge in [-0.2, -0.15) is 4.31 Å². The summed E-state index contributed by atoms with van der Waals surface area (Å²) in [6.45, 7) is 0.376. The fourth-order valence-corrected chi connectivity index (χ4v) is 4.41. The number of fused-ring (bicyclic) bond motifs is 1. The first-order valence-electron chi connectivity index (χ1n) is 8.29. The highest BCUT2D eigenvalue weighted by molar-refractivity contribution is 7.89. The number of aromatic nitrogens is 2. The Morgan fingerprint density at radius 1 is 1.22 bits per heavy atom. The van der Waals surface area contributed by atoms with Crippen LogP contribution in [0.15, 0.2) is 58.2 Å². The van der Waals surface area contributed by atoms with Crippen LogP contribution in [0, 0.1) is 5.82 Å². The molecule has 2 aromatic heterocycles. The van der Waals surface area contributed by atoms with Gasteiger partial charge in [-0.15, -0.1) is 0 Å². The van der Waals surface area contributed by atoms with Crippen LogP contribution in [0.5, 0.6) is 5.75 Å². The summed E-state index contributed by atoms with van der Waals surface area (Å²) in [5.74, 6) is 0.425. The lowest BCUT2D eigenvalue weighted by molar-refractivity contribution is 0.286. The molecule has 0 saturated heterocycles. The van der Waals surface area contributed by atoms with Crippen molar-refractivity contribution in [2.24, 2.45) is 0 Å². The third-order valence-electron chi connectivity index (χ3n) is 4.34. The van der Waals surface area contributed by atoms with Gasteiger partial charge in [0.25, 0.3) is 0 Å². The predicted octanol–water partition coefficient (Wildman–Crippen LogP) is 2.53. The maximum atomic E-state index is 14.0. The molecular formula is C18H16FN3O4S. The van der Waals surface area contributed by atoms with Crippen molar-refractivity contribution in [2.45, 2.75) is 24.5 Å². The third-order valence-corrected chi connectivity index (χ3v) is 6.22. The zero-order valence-electron chi connectivity index (χ0n) is 14.2. The van der Waals surface area contributed by atoms with Gasteiger partial charge in [-0.1, -0.05) is 17.3 Å². The van der Waals surface area contributed by atoms with E-state index in [-0.39, 0.29) is 24.6 Å². The van der Waals surface area contributed by atoms with E-state index in [4.69, 9.17) is 9.26 Å². The summed E-state index contributed by atoms with van der Waals surface area (Å²) in [4.78, 5) is 3.63. The van der Waals surface area contributed by atoms with E-state index in [1.807, 2.05) is 0 Å². The molecule has 140 valence electrons. The second kappa shape index (κ2) is 7.09. The molecule has 3 heterocycles. The molecule has 0 aliphatic carbocycles. The number of sulfonamides is 1. The molecule has 4 rings (SSSR count). The molecule has 0 unspecified atom stereocenters. The van der Waals surface area contributed by atoms with Gasteiger partial charge < -0.3 is 9.26 Å². The standard InChI is InChI=1S/C18H16FN3O4S/c19-15-5-1-2-6-18(15)27(23,24)22-9-7-17-14(11-22)16(21-26-17)12-25-13-4-3-8-20-10-13/h1-6,8,10H,7,9,11-12H2. The fraction of sp³-hybridized carbons (Fsp3) is 0.222. The summed E-state index contributed by atoms with van der Waals surface area (Å²) in [5.41, 5.74) is 1.17. The van der Waals surface area contributed by atoms with E-state index in [0.29, 0.717) is 29.2 Å². The molecule has 3 aromatic rings. The molecule has 7 nitrogen and oxygen atoms in total. The summed E-state index contributed by atoms with van der Waals surface area (Å²) in [5, 5.41) is 4.00. The van der Waals surface area contributed by atoms with E-state index in [2.05, 4.69) is 10.1 Å². The molecule has 0 radical (unpaired) electrons. The van der Waals surface area contributed by atoms with Crippen molar-refractivity contribution < 1.29 is 22.1 Å². The molecule has 0 N–H and O–H groups in total. The van der Waals surface area contributed by atoms with E-state index in [9.17, 15) is 12.8 Å². The normalized spacial score (nSPS) is 14.7.